The molecule has 1 N–H and O–H groups in total. The van der Waals surface area contributed by atoms with Gasteiger partial charge in [0, 0.05) is 0 Å². The number of amides is 1. The lowest BCUT2D eigenvalue weighted by molar-refractivity contribution is -0.123. The Hall–Kier alpha value is -4.33. The largest absolute Gasteiger partial charge is 0.497 e. The Morgan fingerprint density at radius 2 is 1.60 bits per heavy atom. The molecule has 1 amide bonds. The molecule has 0 atom stereocenters. The summed E-state index contributed by atoms with van der Waals surface area (Å²) in [7, 11) is 1.55. The first-order chi connectivity index (χ1) is 17.0. The number of nitrogens with one attached hydrogen (secondary N) is 1. The highest BCUT2D eigenvalue weighted by Gasteiger charge is 2.13. The number of hydrazone groups is 1. The van der Waals surface area contributed by atoms with Gasteiger partial charge in [-0.2, -0.15) is 5.10 Å². The second-order valence-corrected chi connectivity index (χ2v) is 7.34. The minimum Gasteiger partial charge on any atom is -0.497 e. The van der Waals surface area contributed by atoms with Gasteiger partial charge in [0.05, 0.1) is 25.5 Å². The molecule has 0 spiro atoms. The average molecular weight is 477 g/mol. The predicted octanol–water partition coefficient (Wildman–Crippen LogP) is 4.40. The second kappa shape index (κ2) is 12.8. The highest BCUT2D eigenvalue weighted by molar-refractivity contribution is 5.92. The van der Waals surface area contributed by atoms with Crippen molar-refractivity contribution in [3.8, 4) is 23.0 Å². The van der Waals surface area contributed by atoms with Crippen LogP contribution in [0.4, 0.5) is 0 Å². The normalized spacial score (nSPS) is 10.6. The van der Waals surface area contributed by atoms with E-state index in [1.807, 2.05) is 31.2 Å². The molecule has 3 rings (SSSR count). The number of benzene rings is 3. The number of rotatable bonds is 11. The van der Waals surface area contributed by atoms with Gasteiger partial charge < -0.3 is 18.9 Å². The summed E-state index contributed by atoms with van der Waals surface area (Å²) in [4.78, 5) is 24.5. The fraction of sp³-hybridized carbons (Fsp3) is 0.222. The van der Waals surface area contributed by atoms with Crippen molar-refractivity contribution in [3.63, 3.8) is 0 Å². The molecular weight excluding hydrogens is 448 g/mol. The summed E-state index contributed by atoms with van der Waals surface area (Å²) in [6, 6.07) is 19.1. The topological polar surface area (TPSA) is 95.5 Å². The maximum atomic E-state index is 12.5. The summed E-state index contributed by atoms with van der Waals surface area (Å²) in [5.74, 6) is 0.995. The van der Waals surface area contributed by atoms with Gasteiger partial charge in [-0.1, -0.05) is 19.1 Å². The van der Waals surface area contributed by atoms with Crippen LogP contribution in [0.5, 0.6) is 23.0 Å². The van der Waals surface area contributed by atoms with Crippen molar-refractivity contribution in [3.05, 3.63) is 83.4 Å². The van der Waals surface area contributed by atoms with E-state index < -0.39 is 11.9 Å². The summed E-state index contributed by atoms with van der Waals surface area (Å²) in [6.45, 7) is 4.11. The van der Waals surface area contributed by atoms with E-state index in [-0.39, 0.29) is 12.4 Å². The first kappa shape index (κ1) is 25.3. The zero-order chi connectivity index (χ0) is 25.0. The summed E-state index contributed by atoms with van der Waals surface area (Å²) in [5.41, 5.74) is 4.64. The number of ether oxygens (including phenoxy) is 4. The van der Waals surface area contributed by atoms with E-state index in [1.165, 1.54) is 11.8 Å². The molecule has 35 heavy (non-hydrogen) atoms. The van der Waals surface area contributed by atoms with Gasteiger partial charge in [0.25, 0.3) is 5.91 Å². The first-order valence-corrected chi connectivity index (χ1v) is 11.2. The van der Waals surface area contributed by atoms with Gasteiger partial charge in [0.1, 0.15) is 11.5 Å². The van der Waals surface area contributed by atoms with Crippen molar-refractivity contribution in [2.45, 2.75) is 20.3 Å². The molecule has 0 fully saturated rings. The van der Waals surface area contributed by atoms with Gasteiger partial charge >= 0.3 is 5.97 Å². The van der Waals surface area contributed by atoms with Crippen LogP contribution < -0.4 is 24.4 Å². The van der Waals surface area contributed by atoms with E-state index in [2.05, 4.69) is 17.5 Å². The molecule has 0 aliphatic rings. The van der Waals surface area contributed by atoms with Crippen molar-refractivity contribution in [1.29, 1.82) is 0 Å². The van der Waals surface area contributed by atoms with Gasteiger partial charge in [-0.15, -0.1) is 0 Å². The Labute approximate surface area is 204 Å². The molecule has 8 heteroatoms. The maximum Gasteiger partial charge on any atom is 0.343 e. The molecule has 0 heterocycles. The van der Waals surface area contributed by atoms with E-state index in [4.69, 9.17) is 18.9 Å². The Bertz CT molecular complexity index is 1160. The van der Waals surface area contributed by atoms with E-state index >= 15 is 0 Å². The number of aryl methyl sites for hydroxylation is 1. The zero-order valence-corrected chi connectivity index (χ0v) is 19.9. The Balaban J connectivity index is 1.57. The molecule has 0 saturated heterocycles. The Morgan fingerprint density at radius 1 is 0.886 bits per heavy atom. The molecule has 0 aliphatic carbocycles. The minimum atomic E-state index is -0.522. The third-order valence-electron chi connectivity index (χ3n) is 4.90. The second-order valence-electron chi connectivity index (χ2n) is 7.34. The molecule has 0 saturated carbocycles. The molecule has 0 unspecified atom stereocenters. The van der Waals surface area contributed by atoms with Crippen molar-refractivity contribution < 1.29 is 28.5 Å². The fourth-order valence-electron chi connectivity index (χ4n) is 3.02. The number of esters is 1. The van der Waals surface area contributed by atoms with Crippen molar-refractivity contribution in [1.82, 2.24) is 5.43 Å². The SMILES string of the molecule is CCOc1cc(/C=N/NC(=O)COc2ccc(CC)cc2)ccc1OC(=O)c1ccc(OC)cc1. The lowest BCUT2D eigenvalue weighted by atomic mass is 10.2. The first-order valence-electron chi connectivity index (χ1n) is 11.2. The summed E-state index contributed by atoms with van der Waals surface area (Å²) >= 11 is 0. The van der Waals surface area contributed by atoms with Crippen LogP contribution in [-0.4, -0.2) is 38.4 Å². The molecule has 8 nitrogen and oxygen atoms in total. The third-order valence-corrected chi connectivity index (χ3v) is 4.90. The van der Waals surface area contributed by atoms with Gasteiger partial charge in [0.15, 0.2) is 18.1 Å². The van der Waals surface area contributed by atoms with E-state index in [1.54, 1.807) is 49.6 Å². The number of carbonyl (C=O) groups is 2. The quantitative estimate of drug-likeness (QED) is 0.191. The standard InChI is InChI=1S/C27H28N2O6/c1-4-19-6-11-23(12-7-19)34-18-26(30)29-28-17-20-8-15-24(25(16-20)33-5-2)35-27(31)21-9-13-22(32-3)14-10-21/h6-17H,4-5,18H2,1-3H3,(H,29,30)/b28-17+. The van der Waals surface area contributed by atoms with Crippen LogP contribution >= 0.6 is 0 Å². The predicted molar refractivity (Wildman–Crippen MR) is 133 cm³/mol. The molecule has 0 bridgehead atoms. The highest BCUT2D eigenvalue weighted by atomic mass is 16.6. The highest BCUT2D eigenvalue weighted by Crippen LogP contribution is 2.29. The van der Waals surface area contributed by atoms with Crippen LogP contribution in [-0.2, 0) is 11.2 Å². The van der Waals surface area contributed by atoms with Crippen molar-refractivity contribution in [2.24, 2.45) is 5.10 Å². The van der Waals surface area contributed by atoms with Crippen LogP contribution in [0.25, 0.3) is 0 Å². The minimum absolute atomic E-state index is 0.159. The Morgan fingerprint density at radius 3 is 2.26 bits per heavy atom. The maximum absolute atomic E-state index is 12.5. The number of hydrogen-bond donors (Lipinski definition) is 1. The summed E-state index contributed by atoms with van der Waals surface area (Å²) in [5, 5.41) is 3.96. The monoisotopic (exact) mass is 476 g/mol. The van der Waals surface area contributed by atoms with Gasteiger partial charge in [0.2, 0.25) is 0 Å². The van der Waals surface area contributed by atoms with Crippen LogP contribution in [0.15, 0.2) is 71.8 Å². The molecule has 182 valence electrons. The van der Waals surface area contributed by atoms with Crippen LogP contribution in [0.1, 0.15) is 35.3 Å². The fourth-order valence-corrected chi connectivity index (χ4v) is 3.02. The van der Waals surface area contributed by atoms with Gasteiger partial charge in [-0.3, -0.25) is 4.79 Å². The number of methoxy groups -OCH3 is 1. The average Bonchev–Trinajstić information content (AvgIpc) is 2.89. The molecule has 0 aromatic heterocycles. The lowest BCUT2D eigenvalue weighted by Gasteiger charge is -2.11. The molecule has 3 aromatic carbocycles. The smallest absolute Gasteiger partial charge is 0.343 e. The van der Waals surface area contributed by atoms with E-state index in [0.29, 0.717) is 35.0 Å². The molecular formula is C27H28N2O6. The van der Waals surface area contributed by atoms with Crippen molar-refractivity contribution >= 4 is 18.1 Å². The number of carbonyl (C=O) groups excluding carboxylic acids is 2. The lowest BCUT2D eigenvalue weighted by Crippen LogP contribution is -2.24. The van der Waals surface area contributed by atoms with E-state index in [9.17, 15) is 9.59 Å². The molecule has 0 radical (unpaired) electrons. The Kier molecular flexibility index (Phi) is 9.24. The summed E-state index contributed by atoms with van der Waals surface area (Å²) < 4.78 is 21.7. The van der Waals surface area contributed by atoms with Crippen molar-refractivity contribution in [2.75, 3.05) is 20.3 Å². The van der Waals surface area contributed by atoms with Crippen LogP contribution in [0.3, 0.4) is 0 Å². The van der Waals surface area contributed by atoms with Crippen LogP contribution in [0.2, 0.25) is 0 Å². The third kappa shape index (κ3) is 7.60. The van der Waals surface area contributed by atoms with Crippen LogP contribution in [0, 0.1) is 0 Å². The van der Waals surface area contributed by atoms with E-state index in [0.717, 1.165) is 6.42 Å². The summed E-state index contributed by atoms with van der Waals surface area (Å²) in [6.07, 6.45) is 2.40. The molecule has 3 aromatic rings. The van der Waals surface area contributed by atoms with Gasteiger partial charge in [-0.05, 0) is 79.1 Å². The molecule has 0 aliphatic heterocycles. The van der Waals surface area contributed by atoms with Gasteiger partial charge in [-0.25, -0.2) is 10.2 Å². The zero-order valence-electron chi connectivity index (χ0n) is 19.9. The number of hydrogen-bond acceptors (Lipinski definition) is 7. The number of nitrogens with zero attached hydrogens (tertiary/aromatic N) is 1.